The number of hydrogen-bond acceptors (Lipinski definition) is 3. The highest BCUT2D eigenvalue weighted by molar-refractivity contribution is 5.87. The summed E-state index contributed by atoms with van der Waals surface area (Å²) >= 11 is 0. The van der Waals surface area contributed by atoms with Gasteiger partial charge in [0.25, 0.3) is 0 Å². The molecule has 0 amide bonds. The minimum atomic E-state index is 0.736. The molecule has 40 heavy (non-hydrogen) atoms. The van der Waals surface area contributed by atoms with Gasteiger partial charge < -0.3 is 16.4 Å². The van der Waals surface area contributed by atoms with Gasteiger partial charge in [-0.25, -0.2) is 0 Å². The number of nitrogens with one attached hydrogen (secondary N) is 2. The van der Waals surface area contributed by atoms with Gasteiger partial charge in [-0.3, -0.25) is 0 Å². The summed E-state index contributed by atoms with van der Waals surface area (Å²) in [6, 6.07) is 28.0. The molecule has 3 heteroatoms. The Morgan fingerprint density at radius 2 is 1.82 bits per heavy atom. The van der Waals surface area contributed by atoms with Crippen LogP contribution in [-0.4, -0.2) is 13.1 Å². The first-order valence-corrected chi connectivity index (χ1v) is 14.0. The van der Waals surface area contributed by atoms with Crippen LogP contribution in [0.15, 0.2) is 121 Å². The predicted molar refractivity (Wildman–Crippen MR) is 169 cm³/mol. The third kappa shape index (κ3) is 5.72. The first-order valence-electron chi connectivity index (χ1n) is 14.0. The van der Waals surface area contributed by atoms with E-state index < -0.39 is 0 Å². The maximum absolute atomic E-state index is 6.57. The summed E-state index contributed by atoms with van der Waals surface area (Å²) < 4.78 is 0. The summed E-state index contributed by atoms with van der Waals surface area (Å²) in [7, 11) is 0. The van der Waals surface area contributed by atoms with Crippen LogP contribution in [0, 0.1) is 12.1 Å². The van der Waals surface area contributed by atoms with Gasteiger partial charge in [-0.15, -0.1) is 0 Å². The van der Waals surface area contributed by atoms with E-state index in [1.165, 1.54) is 33.5 Å². The van der Waals surface area contributed by atoms with Crippen LogP contribution in [0.25, 0.3) is 22.9 Å². The molecule has 0 atom stereocenters. The lowest BCUT2D eigenvalue weighted by Crippen LogP contribution is -2.19. The van der Waals surface area contributed by atoms with Gasteiger partial charge >= 0.3 is 0 Å². The molecule has 3 aromatic rings. The summed E-state index contributed by atoms with van der Waals surface area (Å²) in [6.07, 6.45) is 22.2. The smallest absolute Gasteiger partial charge is 0.0510 e. The Morgan fingerprint density at radius 3 is 2.60 bits per heavy atom. The Hall–Kier alpha value is -4.94. The zero-order chi connectivity index (χ0) is 27.1. The van der Waals surface area contributed by atoms with Crippen molar-refractivity contribution in [2.45, 2.75) is 19.3 Å². The largest absolute Gasteiger partial charge is 0.398 e. The van der Waals surface area contributed by atoms with Crippen LogP contribution in [0.1, 0.15) is 40.7 Å². The lowest BCUT2D eigenvalue weighted by Gasteiger charge is -2.22. The standard InChI is InChI=1S/C37H33N3/c38-35(30-11-5-2-6-12-30)25-32(17-16-27-9-3-1-4-10-27)28-18-20-29(21-19-28)33-22-23-36(40-26-33)34-15-7-13-31-14-8-24-39-37(31)34/h1-5,7-11,13-15,17-18,20,22-23,25,39-40H,6,12,16,24,26,38H2/b32-17+,35-25-. The Morgan fingerprint density at radius 1 is 0.900 bits per heavy atom. The van der Waals surface area contributed by atoms with Gasteiger partial charge in [-0.05, 0) is 71.4 Å². The maximum Gasteiger partial charge on any atom is 0.0510 e. The van der Waals surface area contributed by atoms with Crippen molar-refractivity contribution < 1.29 is 0 Å². The summed E-state index contributed by atoms with van der Waals surface area (Å²) in [5.74, 6) is 0. The molecule has 0 fully saturated rings. The minimum absolute atomic E-state index is 0.736. The SMILES string of the molecule is N/C(=C\C(=C/Cc1ccccc1)c1c#cc(C2=CC=C(c3cccc4c3NCC=C4)NC2)cc1)C1=CC=CCC1. The third-order valence-electron chi connectivity index (χ3n) is 7.50. The van der Waals surface area contributed by atoms with Crippen molar-refractivity contribution in [3.63, 3.8) is 0 Å². The van der Waals surface area contributed by atoms with Gasteiger partial charge in [-0.1, -0.05) is 103 Å². The number of para-hydroxylation sites is 1. The molecule has 1 aliphatic carbocycles. The fourth-order valence-electron chi connectivity index (χ4n) is 5.27. The van der Waals surface area contributed by atoms with E-state index in [1.807, 2.05) is 6.07 Å². The Bertz CT molecular complexity index is 1590. The van der Waals surface area contributed by atoms with Crippen molar-refractivity contribution in [2.24, 2.45) is 5.73 Å². The molecular weight excluding hydrogens is 486 g/mol. The fourth-order valence-corrected chi connectivity index (χ4v) is 5.27. The van der Waals surface area contributed by atoms with Crippen LogP contribution in [0.4, 0.5) is 5.69 Å². The van der Waals surface area contributed by atoms with E-state index in [2.05, 4.69) is 132 Å². The maximum atomic E-state index is 6.57. The number of anilines is 1. The van der Waals surface area contributed by atoms with Gasteiger partial charge in [0.1, 0.15) is 0 Å². The van der Waals surface area contributed by atoms with Crippen LogP contribution >= 0.6 is 0 Å². The molecule has 2 aliphatic heterocycles. The molecule has 0 radical (unpaired) electrons. The van der Waals surface area contributed by atoms with Crippen molar-refractivity contribution in [2.75, 3.05) is 18.4 Å². The number of benzene rings is 2. The van der Waals surface area contributed by atoms with Crippen LogP contribution < -0.4 is 16.4 Å². The molecule has 0 spiro atoms. The van der Waals surface area contributed by atoms with Gasteiger partial charge in [0, 0.05) is 41.2 Å². The lowest BCUT2D eigenvalue weighted by molar-refractivity contribution is 0.962. The molecular formula is C37H33N3. The van der Waals surface area contributed by atoms with Crippen LogP contribution in [0.5, 0.6) is 0 Å². The number of nitrogens with two attached hydrogens (primary N) is 1. The second-order valence-electron chi connectivity index (χ2n) is 10.2. The van der Waals surface area contributed by atoms with E-state index in [-0.39, 0.29) is 0 Å². The van der Waals surface area contributed by atoms with E-state index in [4.69, 9.17) is 5.73 Å². The Balaban J connectivity index is 1.25. The second-order valence-corrected chi connectivity index (χ2v) is 10.2. The minimum Gasteiger partial charge on any atom is -0.398 e. The average Bonchev–Trinajstić information content (AvgIpc) is 3.04. The van der Waals surface area contributed by atoms with Gasteiger partial charge in [0.05, 0.1) is 5.69 Å². The highest BCUT2D eigenvalue weighted by Crippen LogP contribution is 2.31. The Labute approximate surface area is 237 Å². The van der Waals surface area contributed by atoms with E-state index in [0.717, 1.165) is 60.4 Å². The molecule has 196 valence electrons. The molecule has 2 heterocycles. The van der Waals surface area contributed by atoms with Crippen molar-refractivity contribution >= 4 is 28.6 Å². The number of allylic oxidation sites excluding steroid dienone is 9. The van der Waals surface area contributed by atoms with Crippen molar-refractivity contribution in [1.29, 1.82) is 0 Å². The molecule has 6 rings (SSSR count). The second kappa shape index (κ2) is 11.8. The normalized spacial score (nSPS) is 16.6. The van der Waals surface area contributed by atoms with E-state index in [0.29, 0.717) is 0 Å². The van der Waals surface area contributed by atoms with Crippen LogP contribution in [0.3, 0.4) is 0 Å². The highest BCUT2D eigenvalue weighted by Gasteiger charge is 2.15. The van der Waals surface area contributed by atoms with Crippen molar-refractivity contribution in [1.82, 2.24) is 5.32 Å². The van der Waals surface area contributed by atoms with Gasteiger partial charge in [0.2, 0.25) is 0 Å². The summed E-state index contributed by atoms with van der Waals surface area (Å²) in [5, 5.41) is 7.14. The molecule has 0 saturated carbocycles. The van der Waals surface area contributed by atoms with E-state index in [1.54, 1.807) is 0 Å². The monoisotopic (exact) mass is 519 g/mol. The molecule has 4 N–H and O–H groups in total. The van der Waals surface area contributed by atoms with Crippen molar-refractivity contribution in [3.8, 4) is 0 Å². The number of fused-ring (bicyclic) bond motifs is 1. The van der Waals surface area contributed by atoms with Crippen LogP contribution in [-0.2, 0) is 6.42 Å². The van der Waals surface area contributed by atoms with E-state index in [9.17, 15) is 0 Å². The molecule has 0 unspecified atom stereocenters. The number of hydrogen-bond donors (Lipinski definition) is 3. The lowest BCUT2D eigenvalue weighted by atomic mass is 9.96. The summed E-state index contributed by atoms with van der Waals surface area (Å²) in [4.78, 5) is 0. The molecule has 3 nitrogen and oxygen atoms in total. The zero-order valence-corrected chi connectivity index (χ0v) is 22.6. The quantitative estimate of drug-likeness (QED) is 0.283. The molecule has 3 aromatic carbocycles. The first-order chi connectivity index (χ1) is 19.7. The zero-order valence-electron chi connectivity index (χ0n) is 22.6. The molecule has 0 bridgehead atoms. The predicted octanol–water partition coefficient (Wildman–Crippen LogP) is 7.50. The highest BCUT2D eigenvalue weighted by atomic mass is 14.9. The van der Waals surface area contributed by atoms with E-state index >= 15 is 0 Å². The molecule has 3 aliphatic rings. The Kier molecular flexibility index (Phi) is 7.51. The topological polar surface area (TPSA) is 50.1 Å². The van der Waals surface area contributed by atoms with Crippen molar-refractivity contribution in [3.05, 3.63) is 160 Å². The third-order valence-corrected chi connectivity index (χ3v) is 7.50. The first kappa shape index (κ1) is 25.3. The summed E-state index contributed by atoms with van der Waals surface area (Å²) in [5.41, 5.74) is 18.8. The number of rotatable bonds is 7. The molecule has 0 aromatic heterocycles. The summed E-state index contributed by atoms with van der Waals surface area (Å²) in [6.45, 7) is 1.59. The van der Waals surface area contributed by atoms with Gasteiger partial charge in [0.15, 0.2) is 0 Å². The average molecular weight is 520 g/mol. The number of dihydropyridines is 1. The van der Waals surface area contributed by atoms with Gasteiger partial charge in [-0.2, -0.15) is 0 Å². The fraction of sp³-hybridized carbons (Fsp3) is 0.135. The molecule has 0 saturated heterocycles. The van der Waals surface area contributed by atoms with Crippen LogP contribution in [0.2, 0.25) is 0 Å².